The Balaban J connectivity index is 1.69. The lowest BCUT2D eigenvalue weighted by Crippen LogP contribution is -2.55. The summed E-state index contributed by atoms with van der Waals surface area (Å²) in [5, 5.41) is 22.2. The van der Waals surface area contributed by atoms with Gasteiger partial charge in [-0.25, -0.2) is 0 Å². The molecule has 4 aliphatic carbocycles. The molecule has 2 N–H and O–H groups in total. The summed E-state index contributed by atoms with van der Waals surface area (Å²) in [5.41, 5.74) is 4.50. The van der Waals surface area contributed by atoms with Crippen molar-refractivity contribution in [3.63, 3.8) is 0 Å². The lowest BCUT2D eigenvalue weighted by molar-refractivity contribution is -0.159. The van der Waals surface area contributed by atoms with E-state index >= 15 is 0 Å². The van der Waals surface area contributed by atoms with Crippen molar-refractivity contribution < 1.29 is 19.7 Å². The summed E-state index contributed by atoms with van der Waals surface area (Å²) in [4.78, 5) is 12.1. The van der Waals surface area contributed by atoms with Gasteiger partial charge in [0.25, 0.3) is 0 Å². The van der Waals surface area contributed by atoms with E-state index in [1.807, 2.05) is 13.8 Å². The monoisotopic (exact) mass is 514 g/mol. The molecule has 4 aliphatic rings. The molecule has 2 saturated carbocycles. The van der Waals surface area contributed by atoms with Gasteiger partial charge in [0.1, 0.15) is 12.2 Å². The highest BCUT2D eigenvalue weighted by atomic mass is 16.6. The molecule has 0 unspecified atom stereocenters. The minimum atomic E-state index is -0.849. The van der Waals surface area contributed by atoms with Gasteiger partial charge in [0.2, 0.25) is 0 Å². The van der Waals surface area contributed by atoms with Crippen LogP contribution in [0.15, 0.2) is 23.3 Å². The molecule has 0 aromatic carbocycles. The van der Waals surface area contributed by atoms with Gasteiger partial charge in [0, 0.05) is 6.92 Å². The minimum Gasteiger partial charge on any atom is -0.459 e. The van der Waals surface area contributed by atoms with Crippen molar-refractivity contribution >= 4 is 5.97 Å². The van der Waals surface area contributed by atoms with Crippen LogP contribution in [0.4, 0.5) is 0 Å². The summed E-state index contributed by atoms with van der Waals surface area (Å²) < 4.78 is 5.86. The summed E-state index contributed by atoms with van der Waals surface area (Å²) in [6.45, 7) is 24.0. The first-order valence-electron chi connectivity index (χ1n) is 15.0. The molecule has 0 spiro atoms. The third kappa shape index (κ3) is 4.19. The number of aliphatic hydroxyl groups is 2. The second-order valence-corrected chi connectivity index (χ2v) is 14.8. The molecule has 4 nitrogen and oxygen atoms in total. The van der Waals surface area contributed by atoms with Gasteiger partial charge in [-0.2, -0.15) is 0 Å². The topological polar surface area (TPSA) is 66.8 Å². The molecule has 0 amide bonds. The van der Waals surface area contributed by atoms with Crippen LogP contribution >= 0.6 is 0 Å². The van der Waals surface area contributed by atoms with Crippen LogP contribution in [0.2, 0.25) is 0 Å². The largest absolute Gasteiger partial charge is 0.459 e. The summed E-state index contributed by atoms with van der Waals surface area (Å²) in [6, 6.07) is 0. The molecule has 0 radical (unpaired) electrons. The SMILES string of the molecule is C=C(C(C)C)[C@@H](O)[C@@H](OC(C)=O)[C@@H](C)[C@H]1CC[C@@]2(C)C3=C(CC[C@]12C)[C@@]1(C)CC[C@H](O)C(C)(C)[C@@H]1CC3. The van der Waals surface area contributed by atoms with Crippen LogP contribution < -0.4 is 0 Å². The highest BCUT2D eigenvalue weighted by Crippen LogP contribution is 2.72. The number of hydrogen-bond acceptors (Lipinski definition) is 4. The van der Waals surface area contributed by atoms with Gasteiger partial charge < -0.3 is 14.9 Å². The average molecular weight is 515 g/mol. The first-order chi connectivity index (χ1) is 17.0. The quantitative estimate of drug-likeness (QED) is 0.290. The third-order valence-electron chi connectivity index (χ3n) is 12.7. The second kappa shape index (κ2) is 9.51. The van der Waals surface area contributed by atoms with Gasteiger partial charge in [-0.05, 0) is 102 Å². The van der Waals surface area contributed by atoms with Gasteiger partial charge in [-0.15, -0.1) is 0 Å². The van der Waals surface area contributed by atoms with Crippen molar-refractivity contribution in [3.8, 4) is 0 Å². The van der Waals surface area contributed by atoms with Crippen molar-refractivity contribution in [2.75, 3.05) is 0 Å². The standard InChI is InChI=1S/C33H54O4/c1-19(2)20(3)28(36)29(37-22(5)34)21(4)23-13-17-33(10)25-11-12-26-30(6,7)27(35)15-16-31(26,8)24(25)14-18-32(23,33)9/h19,21,23,26-29,35-36H,3,11-18H2,1-2,4-10H3/t21-,23+,26-,27-,28+,29-,31+,32+,33-/m0/s1. The van der Waals surface area contributed by atoms with E-state index in [2.05, 4.69) is 48.1 Å². The van der Waals surface area contributed by atoms with Gasteiger partial charge in [0.15, 0.2) is 0 Å². The van der Waals surface area contributed by atoms with Gasteiger partial charge in [-0.1, -0.05) is 73.1 Å². The molecule has 0 heterocycles. The van der Waals surface area contributed by atoms with Crippen LogP contribution in [0, 0.1) is 45.3 Å². The second-order valence-electron chi connectivity index (χ2n) is 14.8. The van der Waals surface area contributed by atoms with Gasteiger partial charge in [-0.3, -0.25) is 4.79 Å². The zero-order chi connectivity index (χ0) is 27.7. The molecular weight excluding hydrogens is 460 g/mol. The summed E-state index contributed by atoms with van der Waals surface area (Å²) in [7, 11) is 0. The molecule has 9 atom stereocenters. The van der Waals surface area contributed by atoms with Crippen LogP contribution in [0.1, 0.15) is 114 Å². The van der Waals surface area contributed by atoms with Crippen LogP contribution in [-0.2, 0) is 9.53 Å². The number of carbonyl (C=O) groups is 1. The molecule has 0 aromatic heterocycles. The fourth-order valence-corrected chi connectivity index (χ4v) is 9.99. The van der Waals surface area contributed by atoms with Crippen molar-refractivity contribution in [2.24, 2.45) is 45.3 Å². The Morgan fingerprint density at radius 2 is 1.62 bits per heavy atom. The van der Waals surface area contributed by atoms with E-state index in [0.29, 0.717) is 11.8 Å². The van der Waals surface area contributed by atoms with Crippen LogP contribution in [-0.4, -0.2) is 34.5 Å². The van der Waals surface area contributed by atoms with E-state index in [0.717, 1.165) is 56.9 Å². The maximum absolute atomic E-state index is 12.1. The van der Waals surface area contributed by atoms with E-state index in [1.165, 1.54) is 6.92 Å². The number of esters is 1. The summed E-state index contributed by atoms with van der Waals surface area (Å²) in [6.07, 6.45) is 7.16. The molecule has 0 aliphatic heterocycles. The number of fused-ring (bicyclic) bond motifs is 4. The number of ether oxygens (including phenoxy) is 1. The highest BCUT2D eigenvalue weighted by Gasteiger charge is 2.64. The van der Waals surface area contributed by atoms with E-state index in [4.69, 9.17) is 4.74 Å². The molecule has 37 heavy (non-hydrogen) atoms. The maximum Gasteiger partial charge on any atom is 0.303 e. The molecule has 4 rings (SSSR count). The predicted octanol–water partition coefficient (Wildman–Crippen LogP) is 7.24. The number of rotatable bonds is 6. The fraction of sp³-hybridized carbons (Fsp3) is 0.848. The van der Waals surface area contributed by atoms with Crippen LogP contribution in [0.3, 0.4) is 0 Å². The Hall–Kier alpha value is -1.13. The zero-order valence-electron chi connectivity index (χ0n) is 25.1. The lowest BCUT2D eigenvalue weighted by atomic mass is 9.43. The Kier molecular flexibility index (Phi) is 7.42. The summed E-state index contributed by atoms with van der Waals surface area (Å²) in [5.74, 6) is 0.721. The fourth-order valence-electron chi connectivity index (χ4n) is 9.99. The summed E-state index contributed by atoms with van der Waals surface area (Å²) >= 11 is 0. The first-order valence-corrected chi connectivity index (χ1v) is 15.0. The van der Waals surface area contributed by atoms with Crippen LogP contribution in [0.5, 0.6) is 0 Å². The van der Waals surface area contributed by atoms with Crippen molar-refractivity contribution in [3.05, 3.63) is 23.3 Å². The Bertz CT molecular complexity index is 961. The van der Waals surface area contributed by atoms with E-state index in [1.54, 1.807) is 11.1 Å². The number of aliphatic hydroxyl groups excluding tert-OH is 2. The lowest BCUT2D eigenvalue weighted by Gasteiger charge is -2.62. The number of allylic oxidation sites excluding steroid dienone is 2. The molecule has 2 fully saturated rings. The average Bonchev–Trinajstić information content (AvgIpc) is 3.10. The van der Waals surface area contributed by atoms with E-state index in [9.17, 15) is 15.0 Å². The molecule has 0 aromatic rings. The maximum atomic E-state index is 12.1. The van der Waals surface area contributed by atoms with Crippen molar-refractivity contribution in [1.29, 1.82) is 0 Å². The highest BCUT2D eigenvalue weighted by molar-refractivity contribution is 5.66. The Labute approximate surface area is 226 Å². The Morgan fingerprint density at radius 1 is 0.973 bits per heavy atom. The van der Waals surface area contributed by atoms with Crippen LogP contribution in [0.25, 0.3) is 0 Å². The van der Waals surface area contributed by atoms with Crippen molar-refractivity contribution in [2.45, 2.75) is 132 Å². The number of carbonyl (C=O) groups excluding carboxylic acids is 1. The number of hydrogen-bond donors (Lipinski definition) is 2. The molecule has 4 heteroatoms. The first kappa shape index (κ1) is 28.9. The van der Waals surface area contributed by atoms with Gasteiger partial charge in [0.05, 0.1) is 6.10 Å². The molecular formula is C33H54O4. The van der Waals surface area contributed by atoms with Gasteiger partial charge >= 0.3 is 5.97 Å². The molecule has 210 valence electrons. The third-order valence-corrected chi connectivity index (χ3v) is 12.7. The Morgan fingerprint density at radius 3 is 2.22 bits per heavy atom. The predicted molar refractivity (Wildman–Crippen MR) is 150 cm³/mol. The van der Waals surface area contributed by atoms with Crippen molar-refractivity contribution in [1.82, 2.24) is 0 Å². The van der Waals surface area contributed by atoms with E-state index in [-0.39, 0.29) is 45.6 Å². The zero-order valence-corrected chi connectivity index (χ0v) is 25.1. The van der Waals surface area contributed by atoms with E-state index < -0.39 is 12.2 Å². The molecule has 0 bridgehead atoms. The smallest absolute Gasteiger partial charge is 0.303 e. The normalized spacial score (nSPS) is 41.4. The minimum absolute atomic E-state index is 0.0408. The molecule has 0 saturated heterocycles.